The molecule has 5 aliphatic rings. The van der Waals surface area contributed by atoms with Crippen molar-refractivity contribution in [1.82, 2.24) is 15.1 Å². The van der Waals surface area contributed by atoms with Crippen LogP contribution in [0.15, 0.2) is 22.7 Å². The first-order valence-electron chi connectivity index (χ1n) is 12.2. The summed E-state index contributed by atoms with van der Waals surface area (Å²) in [6.07, 6.45) is 8.47. The largest absolute Gasteiger partial charge is 0.399 e. The molecule has 6 rings (SSSR count). The topological polar surface area (TPSA) is 78.7 Å². The third-order valence-corrected chi connectivity index (χ3v) is 8.71. The number of hydrogen-bond acceptors (Lipinski definition) is 4. The summed E-state index contributed by atoms with van der Waals surface area (Å²) in [5.41, 5.74) is 8.10. The lowest BCUT2D eigenvalue weighted by Gasteiger charge is -2.56. The lowest BCUT2D eigenvalue weighted by molar-refractivity contribution is -0.136. The molecule has 32 heavy (non-hydrogen) atoms. The molecule has 5 fully saturated rings. The molecule has 0 radical (unpaired) electrons. The maximum absolute atomic E-state index is 12.7. The quantitative estimate of drug-likeness (QED) is 0.584. The zero-order valence-electron chi connectivity index (χ0n) is 18.8. The van der Waals surface area contributed by atoms with Crippen LogP contribution in [0.2, 0.25) is 0 Å². The molecule has 2 amide bonds. The number of carbonyl (C=O) groups excluding carboxylic acids is 2. The number of nitrogens with one attached hydrogen (secondary N) is 1. The fraction of sp³-hybridized carbons (Fsp3) is 0.680. The molecular weight excluding hydrogens is 468 g/mol. The van der Waals surface area contributed by atoms with E-state index >= 15 is 0 Å². The van der Waals surface area contributed by atoms with Gasteiger partial charge in [-0.3, -0.25) is 14.5 Å². The highest BCUT2D eigenvalue weighted by Crippen LogP contribution is 2.61. The molecule has 4 aliphatic carbocycles. The fourth-order valence-electron chi connectivity index (χ4n) is 7.38. The standard InChI is InChI=1S/C25H35BrN4O2/c26-21-8-20(9-22(27)10-21)16-29-1-3-30(4-2-29)24(32)15-28-23(31)14-25-11-17-5-18(12-25)7-19(6-17)13-25/h8-10,17-19H,1-7,11-16,27H2,(H,28,31). The van der Waals surface area contributed by atoms with E-state index in [1.807, 2.05) is 17.0 Å². The Morgan fingerprint density at radius 2 is 1.62 bits per heavy atom. The zero-order chi connectivity index (χ0) is 22.3. The molecule has 0 spiro atoms. The summed E-state index contributed by atoms with van der Waals surface area (Å²) in [6, 6.07) is 5.99. The van der Waals surface area contributed by atoms with Crippen molar-refractivity contribution in [2.24, 2.45) is 23.2 Å². The molecular formula is C25H35BrN4O2. The van der Waals surface area contributed by atoms with Gasteiger partial charge in [-0.25, -0.2) is 0 Å². The Hall–Kier alpha value is -1.60. The van der Waals surface area contributed by atoms with Gasteiger partial charge in [-0.1, -0.05) is 15.9 Å². The second-order valence-corrected chi connectivity index (χ2v) is 11.8. The Balaban J connectivity index is 1.05. The Labute approximate surface area is 199 Å². The van der Waals surface area contributed by atoms with E-state index in [1.165, 1.54) is 44.1 Å². The number of piperazine rings is 1. The first-order valence-corrected chi connectivity index (χ1v) is 13.0. The van der Waals surface area contributed by atoms with Gasteiger partial charge in [-0.15, -0.1) is 0 Å². The summed E-state index contributed by atoms with van der Waals surface area (Å²) in [5.74, 6) is 2.66. The van der Waals surface area contributed by atoms with Crippen LogP contribution in [-0.2, 0) is 16.1 Å². The number of hydrogen-bond donors (Lipinski definition) is 2. The first-order chi connectivity index (χ1) is 15.4. The molecule has 3 N–H and O–H groups in total. The van der Waals surface area contributed by atoms with Crippen molar-refractivity contribution in [3.05, 3.63) is 28.2 Å². The maximum atomic E-state index is 12.7. The number of rotatable bonds is 6. The van der Waals surface area contributed by atoms with Crippen LogP contribution < -0.4 is 11.1 Å². The van der Waals surface area contributed by atoms with E-state index in [0.29, 0.717) is 19.5 Å². The van der Waals surface area contributed by atoms with Crippen molar-refractivity contribution in [3.8, 4) is 0 Å². The predicted molar refractivity (Wildman–Crippen MR) is 129 cm³/mol. The average molecular weight is 503 g/mol. The van der Waals surface area contributed by atoms with Crippen molar-refractivity contribution in [2.45, 2.75) is 51.5 Å². The van der Waals surface area contributed by atoms with Crippen LogP contribution in [0.5, 0.6) is 0 Å². The lowest BCUT2D eigenvalue weighted by Crippen LogP contribution is -2.51. The van der Waals surface area contributed by atoms with E-state index in [1.54, 1.807) is 0 Å². The van der Waals surface area contributed by atoms with E-state index in [0.717, 1.165) is 47.5 Å². The molecule has 1 aliphatic heterocycles. The summed E-state index contributed by atoms with van der Waals surface area (Å²) in [7, 11) is 0. The Morgan fingerprint density at radius 1 is 1.00 bits per heavy atom. The van der Waals surface area contributed by atoms with Gasteiger partial charge in [-0.05, 0) is 85.5 Å². The minimum atomic E-state index is 0.0372. The summed E-state index contributed by atoms with van der Waals surface area (Å²) >= 11 is 3.50. The minimum Gasteiger partial charge on any atom is -0.399 e. The summed E-state index contributed by atoms with van der Waals surface area (Å²) in [4.78, 5) is 29.6. The molecule has 4 bridgehead atoms. The van der Waals surface area contributed by atoms with Crippen molar-refractivity contribution in [2.75, 3.05) is 38.5 Å². The van der Waals surface area contributed by atoms with Crippen LogP contribution in [-0.4, -0.2) is 54.3 Å². The van der Waals surface area contributed by atoms with Gasteiger partial charge in [-0.2, -0.15) is 0 Å². The maximum Gasteiger partial charge on any atom is 0.242 e. The Morgan fingerprint density at radius 3 is 2.22 bits per heavy atom. The van der Waals surface area contributed by atoms with Gasteiger partial charge in [0.25, 0.3) is 0 Å². The summed E-state index contributed by atoms with van der Waals surface area (Å²) in [6.45, 7) is 4.03. The number of anilines is 1. The number of carbonyl (C=O) groups is 2. The van der Waals surface area contributed by atoms with E-state index < -0.39 is 0 Å². The molecule has 4 saturated carbocycles. The summed E-state index contributed by atoms with van der Waals surface area (Å²) in [5, 5.41) is 2.96. The molecule has 0 unspecified atom stereocenters. The molecule has 174 valence electrons. The third kappa shape index (κ3) is 4.98. The predicted octanol–water partition coefficient (Wildman–Crippen LogP) is 3.40. The number of nitrogens with zero attached hydrogens (tertiary/aromatic N) is 2. The van der Waals surface area contributed by atoms with Crippen molar-refractivity contribution >= 4 is 33.4 Å². The van der Waals surface area contributed by atoms with Crippen LogP contribution >= 0.6 is 15.9 Å². The Kier molecular flexibility index (Phi) is 6.23. The normalized spacial score (nSPS) is 31.7. The molecule has 7 heteroatoms. The molecule has 1 heterocycles. The second kappa shape index (κ2) is 8.98. The molecule has 1 aromatic rings. The van der Waals surface area contributed by atoms with Crippen molar-refractivity contribution in [3.63, 3.8) is 0 Å². The van der Waals surface area contributed by atoms with Crippen molar-refractivity contribution < 1.29 is 9.59 Å². The number of amides is 2. The highest BCUT2D eigenvalue weighted by molar-refractivity contribution is 9.10. The first kappa shape index (κ1) is 22.2. The van der Waals surface area contributed by atoms with Gasteiger partial charge in [0.2, 0.25) is 11.8 Å². The SMILES string of the molecule is Nc1cc(Br)cc(CN2CCN(C(=O)CNC(=O)CC34CC5CC(CC(C5)C3)C4)CC2)c1. The van der Waals surface area contributed by atoms with Gasteiger partial charge in [0, 0.05) is 49.3 Å². The van der Waals surface area contributed by atoms with Crippen LogP contribution in [0, 0.1) is 23.2 Å². The van der Waals surface area contributed by atoms with Gasteiger partial charge >= 0.3 is 0 Å². The molecule has 6 nitrogen and oxygen atoms in total. The van der Waals surface area contributed by atoms with E-state index in [-0.39, 0.29) is 23.8 Å². The van der Waals surface area contributed by atoms with Crippen molar-refractivity contribution in [1.29, 1.82) is 0 Å². The average Bonchev–Trinajstić information content (AvgIpc) is 2.70. The number of halogens is 1. The highest BCUT2D eigenvalue weighted by Gasteiger charge is 2.51. The summed E-state index contributed by atoms with van der Waals surface area (Å²) < 4.78 is 0.991. The molecule has 1 aromatic carbocycles. The zero-order valence-corrected chi connectivity index (χ0v) is 20.4. The minimum absolute atomic E-state index is 0.0372. The van der Waals surface area contributed by atoms with Gasteiger partial charge in [0.1, 0.15) is 0 Å². The monoisotopic (exact) mass is 502 g/mol. The van der Waals surface area contributed by atoms with E-state index in [2.05, 4.69) is 32.2 Å². The second-order valence-electron chi connectivity index (χ2n) is 10.9. The number of benzene rings is 1. The molecule has 0 aromatic heterocycles. The van der Waals surface area contributed by atoms with Crippen LogP contribution in [0.4, 0.5) is 5.69 Å². The van der Waals surface area contributed by atoms with Gasteiger partial charge in [0.15, 0.2) is 0 Å². The van der Waals surface area contributed by atoms with E-state index in [4.69, 9.17) is 5.73 Å². The van der Waals surface area contributed by atoms with Crippen LogP contribution in [0.1, 0.15) is 50.5 Å². The lowest BCUT2D eigenvalue weighted by atomic mass is 9.49. The van der Waals surface area contributed by atoms with Crippen LogP contribution in [0.25, 0.3) is 0 Å². The van der Waals surface area contributed by atoms with Gasteiger partial charge < -0.3 is 16.0 Å². The third-order valence-electron chi connectivity index (χ3n) is 8.25. The van der Waals surface area contributed by atoms with E-state index in [9.17, 15) is 9.59 Å². The van der Waals surface area contributed by atoms with Gasteiger partial charge in [0.05, 0.1) is 6.54 Å². The number of nitrogens with two attached hydrogens (primary N) is 1. The number of nitrogen functional groups attached to an aromatic ring is 1. The molecule has 0 atom stereocenters. The molecule has 1 saturated heterocycles. The Bertz CT molecular complexity index is 825. The highest BCUT2D eigenvalue weighted by atomic mass is 79.9. The van der Waals surface area contributed by atoms with Crippen LogP contribution in [0.3, 0.4) is 0 Å². The smallest absolute Gasteiger partial charge is 0.242 e. The fourth-order valence-corrected chi connectivity index (χ4v) is 7.93.